The summed E-state index contributed by atoms with van der Waals surface area (Å²) in [5.74, 6) is -0.163. The highest BCUT2D eigenvalue weighted by molar-refractivity contribution is 7.10. The lowest BCUT2D eigenvalue weighted by Crippen LogP contribution is -2.87. The zero-order valence-electron chi connectivity index (χ0n) is 15.9. The molecule has 1 heterocycles. The predicted octanol–water partition coefficient (Wildman–Crippen LogP) is 2.72. The van der Waals surface area contributed by atoms with Gasteiger partial charge in [-0.3, -0.25) is 9.59 Å². The van der Waals surface area contributed by atoms with E-state index in [0.29, 0.717) is 6.42 Å². The van der Waals surface area contributed by atoms with Crippen molar-refractivity contribution in [1.82, 2.24) is 5.32 Å². The molecule has 144 valence electrons. The van der Waals surface area contributed by atoms with E-state index in [4.69, 9.17) is 0 Å². The number of nitrogens with two attached hydrogens (primary N) is 1. The Morgan fingerprint density at radius 2 is 1.64 bits per heavy atom. The molecule has 0 saturated heterocycles. The first-order chi connectivity index (χ1) is 13.6. The lowest BCUT2D eigenvalue weighted by atomic mass is 10.0. The molecule has 0 aliphatic rings. The third-order valence-electron chi connectivity index (χ3n) is 4.66. The van der Waals surface area contributed by atoms with Crippen molar-refractivity contribution in [3.05, 3.63) is 94.2 Å². The maximum absolute atomic E-state index is 12.6. The topological polar surface area (TPSA) is 62.8 Å². The fraction of sp³-hybridized carbons (Fsp3) is 0.217. The minimum atomic E-state index is -0.500. The number of Topliss-reactive ketones (excluding diaryl/α,β-unsaturated/α-hetero) is 1. The third-order valence-corrected chi connectivity index (χ3v) is 5.61. The van der Waals surface area contributed by atoms with Crippen LogP contribution in [0.2, 0.25) is 0 Å². The largest absolute Gasteiger partial charge is 0.341 e. The molecule has 0 aliphatic carbocycles. The van der Waals surface area contributed by atoms with E-state index in [9.17, 15) is 9.59 Å². The predicted molar refractivity (Wildman–Crippen MR) is 112 cm³/mol. The number of carbonyl (C=O) groups excluding carboxylic acids is 2. The fourth-order valence-electron chi connectivity index (χ4n) is 3.17. The van der Waals surface area contributed by atoms with Crippen LogP contribution in [0.1, 0.15) is 29.0 Å². The summed E-state index contributed by atoms with van der Waals surface area (Å²) in [6.07, 6.45) is 0.509. The van der Waals surface area contributed by atoms with Crippen LogP contribution in [0.5, 0.6) is 0 Å². The van der Waals surface area contributed by atoms with Gasteiger partial charge in [0.2, 0.25) is 0 Å². The van der Waals surface area contributed by atoms with E-state index in [1.165, 1.54) is 11.8 Å². The van der Waals surface area contributed by atoms with Gasteiger partial charge in [-0.15, -0.1) is 11.3 Å². The van der Waals surface area contributed by atoms with E-state index in [1.54, 1.807) is 11.3 Å². The van der Waals surface area contributed by atoms with E-state index in [2.05, 4.69) is 23.5 Å². The van der Waals surface area contributed by atoms with Gasteiger partial charge in [-0.2, -0.15) is 0 Å². The number of ketones is 1. The first kappa shape index (κ1) is 20.0. The number of hydrogen-bond acceptors (Lipinski definition) is 3. The quantitative estimate of drug-likeness (QED) is 0.587. The molecule has 0 aliphatic heterocycles. The molecule has 0 spiro atoms. The second kappa shape index (κ2) is 9.97. The van der Waals surface area contributed by atoms with Gasteiger partial charge in [0.25, 0.3) is 5.91 Å². The minimum Gasteiger partial charge on any atom is -0.341 e. The van der Waals surface area contributed by atoms with Crippen LogP contribution in [0.4, 0.5) is 0 Å². The number of quaternary nitrogens is 1. The van der Waals surface area contributed by atoms with Crippen LogP contribution >= 0.6 is 11.3 Å². The number of carbonyl (C=O) groups is 2. The Morgan fingerprint density at radius 1 is 0.964 bits per heavy atom. The lowest BCUT2D eigenvalue weighted by molar-refractivity contribution is -0.676. The third kappa shape index (κ3) is 5.62. The molecule has 28 heavy (non-hydrogen) atoms. The van der Waals surface area contributed by atoms with Gasteiger partial charge in [0, 0.05) is 5.56 Å². The van der Waals surface area contributed by atoms with Crippen molar-refractivity contribution >= 4 is 23.0 Å². The van der Waals surface area contributed by atoms with Crippen LogP contribution in [0.25, 0.3) is 0 Å². The maximum atomic E-state index is 12.6. The summed E-state index contributed by atoms with van der Waals surface area (Å²) < 4.78 is 0. The van der Waals surface area contributed by atoms with Crippen molar-refractivity contribution in [1.29, 1.82) is 0 Å². The van der Waals surface area contributed by atoms with Gasteiger partial charge in [0.15, 0.2) is 12.3 Å². The molecule has 3 aromatic rings. The van der Waals surface area contributed by atoms with E-state index in [0.717, 1.165) is 11.1 Å². The summed E-state index contributed by atoms with van der Waals surface area (Å²) in [6, 6.07) is 23.6. The van der Waals surface area contributed by atoms with Crippen molar-refractivity contribution in [3.63, 3.8) is 0 Å². The van der Waals surface area contributed by atoms with Crippen LogP contribution in [0.3, 0.4) is 0 Å². The summed E-state index contributed by atoms with van der Waals surface area (Å²) in [7, 11) is 0. The van der Waals surface area contributed by atoms with Gasteiger partial charge in [0.05, 0.1) is 10.9 Å². The van der Waals surface area contributed by atoms with E-state index in [1.807, 2.05) is 65.3 Å². The van der Waals surface area contributed by atoms with Gasteiger partial charge in [-0.25, -0.2) is 0 Å². The molecule has 0 fully saturated rings. The zero-order chi connectivity index (χ0) is 19.8. The Labute approximate surface area is 169 Å². The van der Waals surface area contributed by atoms with Crippen LogP contribution in [0, 0.1) is 0 Å². The first-order valence-electron chi connectivity index (χ1n) is 9.39. The summed E-state index contributed by atoms with van der Waals surface area (Å²) in [5, 5.41) is 6.97. The number of rotatable bonds is 9. The molecule has 0 radical (unpaired) electrons. The average molecular weight is 394 g/mol. The normalized spacial score (nSPS) is 12.9. The number of hydrogen-bond donors (Lipinski definition) is 2. The highest BCUT2D eigenvalue weighted by Gasteiger charge is 2.22. The molecule has 3 rings (SSSR count). The number of benzene rings is 2. The monoisotopic (exact) mass is 393 g/mol. The van der Waals surface area contributed by atoms with Gasteiger partial charge in [-0.1, -0.05) is 66.7 Å². The van der Waals surface area contributed by atoms with Crippen molar-refractivity contribution in [3.8, 4) is 0 Å². The van der Waals surface area contributed by atoms with Crippen LogP contribution < -0.4 is 10.6 Å². The highest BCUT2D eigenvalue weighted by atomic mass is 32.1. The molecule has 0 saturated carbocycles. The van der Waals surface area contributed by atoms with Crippen molar-refractivity contribution in [2.75, 3.05) is 6.54 Å². The van der Waals surface area contributed by atoms with Gasteiger partial charge < -0.3 is 10.6 Å². The van der Waals surface area contributed by atoms with E-state index >= 15 is 0 Å². The standard InChI is InChI=1S/C23H24N2O2S/c1-17(26)20(15-18-9-4-2-5-10-18)25-22(27)16-24-23(21-13-8-14-28-21)19-11-6-3-7-12-19/h2-14,20,23-24H,15-16H2,1H3,(H,25,27)/p+1/t20-,23+/m1/s1. The number of thiophene rings is 1. The summed E-state index contributed by atoms with van der Waals surface area (Å²) in [4.78, 5) is 25.8. The molecular weight excluding hydrogens is 368 g/mol. The first-order valence-corrected chi connectivity index (χ1v) is 10.3. The molecular formula is C23H25N2O2S+. The molecule has 1 amide bonds. The summed E-state index contributed by atoms with van der Waals surface area (Å²) in [6.45, 7) is 1.78. The number of amides is 1. The van der Waals surface area contributed by atoms with E-state index < -0.39 is 6.04 Å². The van der Waals surface area contributed by atoms with Crippen LogP contribution in [0.15, 0.2) is 78.2 Å². The molecule has 1 aromatic heterocycles. The second-order valence-corrected chi connectivity index (χ2v) is 7.74. The van der Waals surface area contributed by atoms with Crippen molar-refractivity contribution < 1.29 is 14.9 Å². The summed E-state index contributed by atoms with van der Waals surface area (Å²) in [5.41, 5.74) is 2.19. The van der Waals surface area contributed by atoms with Gasteiger partial charge in [-0.05, 0) is 30.4 Å². The summed E-state index contributed by atoms with van der Waals surface area (Å²) >= 11 is 1.68. The molecule has 3 N–H and O–H groups in total. The van der Waals surface area contributed by atoms with Crippen molar-refractivity contribution in [2.45, 2.75) is 25.4 Å². The van der Waals surface area contributed by atoms with Crippen molar-refractivity contribution in [2.24, 2.45) is 0 Å². The Hall–Kier alpha value is -2.76. The Bertz CT molecular complexity index is 879. The molecule has 2 atom stereocenters. The molecule has 0 unspecified atom stereocenters. The lowest BCUT2D eigenvalue weighted by Gasteiger charge is -2.18. The SMILES string of the molecule is CC(=O)[C@@H](Cc1ccccc1)NC(=O)C[NH2+][C@@H](c1ccccc1)c1cccs1. The maximum Gasteiger partial charge on any atom is 0.275 e. The molecule has 0 bridgehead atoms. The van der Waals surface area contributed by atoms with Gasteiger partial charge in [0.1, 0.15) is 6.04 Å². The zero-order valence-corrected chi connectivity index (χ0v) is 16.7. The molecule has 2 aromatic carbocycles. The van der Waals surface area contributed by atoms with E-state index in [-0.39, 0.29) is 24.3 Å². The van der Waals surface area contributed by atoms with Crippen LogP contribution in [-0.4, -0.2) is 24.3 Å². The van der Waals surface area contributed by atoms with Gasteiger partial charge >= 0.3 is 0 Å². The smallest absolute Gasteiger partial charge is 0.275 e. The molecule has 4 nitrogen and oxygen atoms in total. The molecule has 5 heteroatoms. The second-order valence-electron chi connectivity index (χ2n) is 6.76. The fourth-order valence-corrected chi connectivity index (χ4v) is 4.02. The Morgan fingerprint density at radius 3 is 2.25 bits per heavy atom. The van der Waals surface area contributed by atoms with Crippen LogP contribution in [-0.2, 0) is 16.0 Å². The highest BCUT2D eigenvalue weighted by Crippen LogP contribution is 2.22. The Kier molecular flexibility index (Phi) is 7.12. The number of nitrogens with one attached hydrogen (secondary N) is 1. The average Bonchev–Trinajstić information content (AvgIpc) is 3.24. The Balaban J connectivity index is 1.63. The minimum absolute atomic E-state index is 0.0323.